The predicted octanol–water partition coefficient (Wildman–Crippen LogP) is 0.236. The van der Waals surface area contributed by atoms with Crippen LogP contribution < -0.4 is 11.3 Å². The van der Waals surface area contributed by atoms with Crippen LogP contribution in [-0.4, -0.2) is 29.9 Å². The number of nitrogens with zero attached hydrogens (tertiary/aromatic N) is 2. The molecule has 0 rings (SSSR count). The molecule has 0 aromatic heterocycles. The SMILES string of the molecule is CCN(CC(C)C#N)C(C)CC(=O)NN. The van der Waals surface area contributed by atoms with E-state index in [4.69, 9.17) is 11.1 Å². The van der Waals surface area contributed by atoms with Crippen LogP contribution in [0.4, 0.5) is 0 Å². The van der Waals surface area contributed by atoms with Gasteiger partial charge in [-0.2, -0.15) is 5.26 Å². The van der Waals surface area contributed by atoms with Gasteiger partial charge in [0.15, 0.2) is 0 Å². The lowest BCUT2D eigenvalue weighted by Gasteiger charge is -2.28. The number of nitrogens with one attached hydrogen (secondary N) is 1. The highest BCUT2D eigenvalue weighted by molar-refractivity contribution is 5.75. The Balaban J connectivity index is 4.16. The maximum Gasteiger partial charge on any atom is 0.235 e. The third kappa shape index (κ3) is 5.35. The second-order valence-electron chi connectivity index (χ2n) is 3.74. The normalized spacial score (nSPS) is 14.4. The number of amides is 1. The van der Waals surface area contributed by atoms with Crippen molar-refractivity contribution in [2.45, 2.75) is 33.2 Å². The lowest BCUT2D eigenvalue weighted by atomic mass is 10.1. The van der Waals surface area contributed by atoms with Gasteiger partial charge >= 0.3 is 0 Å². The summed E-state index contributed by atoms with van der Waals surface area (Å²) in [5.74, 6) is 4.82. The van der Waals surface area contributed by atoms with Gasteiger partial charge in [0.2, 0.25) is 5.91 Å². The number of carbonyl (C=O) groups is 1. The van der Waals surface area contributed by atoms with Gasteiger partial charge in [-0.3, -0.25) is 15.1 Å². The molecule has 15 heavy (non-hydrogen) atoms. The van der Waals surface area contributed by atoms with Gasteiger partial charge in [-0.25, -0.2) is 5.84 Å². The Morgan fingerprint density at radius 1 is 1.60 bits per heavy atom. The van der Waals surface area contributed by atoms with Gasteiger partial charge < -0.3 is 0 Å². The highest BCUT2D eigenvalue weighted by atomic mass is 16.2. The Bertz CT molecular complexity index is 236. The molecule has 1 amide bonds. The molecule has 0 spiro atoms. The van der Waals surface area contributed by atoms with Crippen molar-refractivity contribution in [2.75, 3.05) is 13.1 Å². The first-order valence-electron chi connectivity index (χ1n) is 5.18. The van der Waals surface area contributed by atoms with Crippen LogP contribution in [0.1, 0.15) is 27.2 Å². The second kappa shape index (κ2) is 7.21. The van der Waals surface area contributed by atoms with E-state index in [1.807, 2.05) is 20.8 Å². The van der Waals surface area contributed by atoms with Crippen LogP contribution in [0.25, 0.3) is 0 Å². The number of hydrogen-bond donors (Lipinski definition) is 2. The summed E-state index contributed by atoms with van der Waals surface area (Å²) in [7, 11) is 0. The summed E-state index contributed by atoms with van der Waals surface area (Å²) in [6.45, 7) is 7.36. The molecule has 0 aliphatic carbocycles. The zero-order valence-corrected chi connectivity index (χ0v) is 9.66. The molecule has 0 saturated carbocycles. The van der Waals surface area contributed by atoms with Crippen LogP contribution >= 0.6 is 0 Å². The summed E-state index contributed by atoms with van der Waals surface area (Å²) in [5, 5.41) is 8.71. The van der Waals surface area contributed by atoms with E-state index in [2.05, 4.69) is 16.4 Å². The molecule has 86 valence electrons. The van der Waals surface area contributed by atoms with E-state index < -0.39 is 0 Å². The molecule has 0 aliphatic rings. The van der Waals surface area contributed by atoms with Crippen molar-refractivity contribution < 1.29 is 4.79 Å². The summed E-state index contributed by atoms with van der Waals surface area (Å²) >= 11 is 0. The molecule has 0 heterocycles. The van der Waals surface area contributed by atoms with E-state index in [0.29, 0.717) is 13.0 Å². The molecule has 0 fully saturated rings. The Morgan fingerprint density at radius 3 is 2.60 bits per heavy atom. The first kappa shape index (κ1) is 13.9. The minimum absolute atomic E-state index is 0.0201. The van der Waals surface area contributed by atoms with Crippen LogP contribution in [0.5, 0.6) is 0 Å². The summed E-state index contributed by atoms with van der Waals surface area (Å²) in [6, 6.07) is 2.29. The molecule has 0 aliphatic heterocycles. The van der Waals surface area contributed by atoms with Crippen LogP contribution in [0.2, 0.25) is 0 Å². The van der Waals surface area contributed by atoms with E-state index in [9.17, 15) is 4.79 Å². The molecule has 3 N–H and O–H groups in total. The van der Waals surface area contributed by atoms with Crippen LogP contribution in [0, 0.1) is 17.2 Å². The second-order valence-corrected chi connectivity index (χ2v) is 3.74. The molecule has 5 heteroatoms. The van der Waals surface area contributed by atoms with Gasteiger partial charge in [-0.15, -0.1) is 0 Å². The average molecular weight is 212 g/mol. The minimum Gasteiger partial charge on any atom is -0.299 e. The minimum atomic E-state index is -0.175. The number of nitrogens with two attached hydrogens (primary N) is 1. The fraction of sp³-hybridized carbons (Fsp3) is 0.800. The molecule has 0 bridgehead atoms. The predicted molar refractivity (Wildman–Crippen MR) is 58.4 cm³/mol. The van der Waals surface area contributed by atoms with E-state index in [-0.39, 0.29) is 17.9 Å². The number of rotatable bonds is 6. The van der Waals surface area contributed by atoms with Gasteiger partial charge in [-0.1, -0.05) is 6.92 Å². The van der Waals surface area contributed by atoms with E-state index in [1.165, 1.54) is 0 Å². The third-order valence-electron chi connectivity index (χ3n) is 2.40. The van der Waals surface area contributed by atoms with Gasteiger partial charge in [0.05, 0.1) is 12.0 Å². The third-order valence-corrected chi connectivity index (χ3v) is 2.40. The average Bonchev–Trinajstić information content (AvgIpc) is 2.24. The van der Waals surface area contributed by atoms with Crippen molar-refractivity contribution in [3.8, 4) is 6.07 Å². The standard InChI is InChI=1S/C10H20N4O/c1-4-14(7-8(2)6-11)9(3)5-10(15)13-12/h8-9H,4-5,7,12H2,1-3H3,(H,13,15). The van der Waals surface area contributed by atoms with Crippen LogP contribution in [-0.2, 0) is 4.79 Å². The van der Waals surface area contributed by atoms with Crippen molar-refractivity contribution in [3.05, 3.63) is 0 Å². The first-order valence-corrected chi connectivity index (χ1v) is 5.18. The lowest BCUT2D eigenvalue weighted by molar-refractivity contribution is -0.122. The molecule has 0 aromatic carbocycles. The molecular formula is C10H20N4O. The van der Waals surface area contributed by atoms with E-state index in [1.54, 1.807) is 0 Å². The first-order chi connectivity index (χ1) is 7.04. The number of nitriles is 1. The summed E-state index contributed by atoms with van der Waals surface area (Å²) < 4.78 is 0. The van der Waals surface area contributed by atoms with Crippen LogP contribution in [0.15, 0.2) is 0 Å². The van der Waals surface area contributed by atoms with Crippen molar-refractivity contribution in [2.24, 2.45) is 11.8 Å². The van der Waals surface area contributed by atoms with Crippen molar-refractivity contribution >= 4 is 5.91 Å². The maximum absolute atomic E-state index is 11.1. The largest absolute Gasteiger partial charge is 0.299 e. The highest BCUT2D eigenvalue weighted by Gasteiger charge is 2.17. The Kier molecular flexibility index (Phi) is 6.67. The Hall–Kier alpha value is -1.12. The number of hydrazine groups is 1. The molecule has 2 atom stereocenters. The van der Waals surface area contributed by atoms with Gasteiger partial charge in [0.1, 0.15) is 0 Å². The maximum atomic E-state index is 11.1. The Labute approximate surface area is 91.2 Å². The fourth-order valence-corrected chi connectivity index (χ4v) is 1.47. The van der Waals surface area contributed by atoms with Gasteiger partial charge in [0.25, 0.3) is 0 Å². The number of carbonyl (C=O) groups excluding carboxylic acids is 1. The monoisotopic (exact) mass is 212 g/mol. The fourth-order valence-electron chi connectivity index (χ4n) is 1.47. The smallest absolute Gasteiger partial charge is 0.235 e. The topological polar surface area (TPSA) is 82.2 Å². The molecule has 2 unspecified atom stereocenters. The summed E-state index contributed by atoms with van der Waals surface area (Å²) in [6.07, 6.45) is 0.364. The van der Waals surface area contributed by atoms with Gasteiger partial charge in [0, 0.05) is 19.0 Å². The zero-order chi connectivity index (χ0) is 11.8. The van der Waals surface area contributed by atoms with Crippen LogP contribution in [0.3, 0.4) is 0 Å². The van der Waals surface area contributed by atoms with Gasteiger partial charge in [-0.05, 0) is 20.4 Å². The van der Waals surface area contributed by atoms with Crippen molar-refractivity contribution in [3.63, 3.8) is 0 Å². The Morgan fingerprint density at radius 2 is 2.20 bits per heavy atom. The molecule has 0 aromatic rings. The molecule has 5 nitrogen and oxygen atoms in total. The lowest BCUT2D eigenvalue weighted by Crippen LogP contribution is -2.41. The van der Waals surface area contributed by atoms with Crippen molar-refractivity contribution in [1.29, 1.82) is 5.26 Å². The van der Waals surface area contributed by atoms with Crippen molar-refractivity contribution in [1.82, 2.24) is 10.3 Å². The molecule has 0 radical (unpaired) electrons. The molecule has 0 saturated heterocycles. The highest BCUT2D eigenvalue weighted by Crippen LogP contribution is 2.07. The zero-order valence-electron chi connectivity index (χ0n) is 9.66. The summed E-state index contributed by atoms with van der Waals surface area (Å²) in [4.78, 5) is 13.2. The van der Waals surface area contributed by atoms with E-state index >= 15 is 0 Å². The molecular weight excluding hydrogens is 192 g/mol. The quantitative estimate of drug-likeness (QED) is 0.375. The van der Waals surface area contributed by atoms with E-state index in [0.717, 1.165) is 6.54 Å². The summed E-state index contributed by atoms with van der Waals surface area (Å²) in [5.41, 5.74) is 2.11. The number of hydrogen-bond acceptors (Lipinski definition) is 4.